The lowest BCUT2D eigenvalue weighted by Crippen LogP contribution is -2.60. The first-order valence-corrected chi connectivity index (χ1v) is 11.2. The molecule has 2 aromatic rings. The van der Waals surface area contributed by atoms with Crippen molar-refractivity contribution in [1.29, 1.82) is 0 Å². The number of nitrogens with zero attached hydrogens (tertiary/aromatic N) is 4. The van der Waals surface area contributed by atoms with Gasteiger partial charge in [-0.15, -0.1) is 0 Å². The molecule has 5 nitrogen and oxygen atoms in total. The molecule has 0 saturated carbocycles. The minimum Gasteiger partial charge on any atom is -0.332 e. The number of piperidine rings is 3. The van der Waals surface area contributed by atoms with Crippen molar-refractivity contribution in [2.45, 2.75) is 50.6 Å². The fraction of sp³-hybridized carbons (Fsp3) is 0.542. The summed E-state index contributed by atoms with van der Waals surface area (Å²) in [6.45, 7) is 3.27. The molecular formula is C24H28N4O. The quantitative estimate of drug-likeness (QED) is 0.700. The Labute approximate surface area is 171 Å². The average molecular weight is 389 g/mol. The Morgan fingerprint density at radius 2 is 1.93 bits per heavy atom. The van der Waals surface area contributed by atoms with Gasteiger partial charge < -0.3 is 4.90 Å². The molecule has 0 unspecified atom stereocenters. The second-order valence-electron chi connectivity index (χ2n) is 9.27. The molecular weight excluding hydrogens is 360 g/mol. The number of carbonyl (C=O) groups excluding carboxylic acids is 1. The van der Waals surface area contributed by atoms with Gasteiger partial charge in [-0.25, -0.2) is 0 Å². The third kappa shape index (κ3) is 2.90. The first kappa shape index (κ1) is 17.6. The first-order chi connectivity index (χ1) is 14.3. The summed E-state index contributed by atoms with van der Waals surface area (Å²) in [7, 11) is 0. The van der Waals surface area contributed by atoms with Gasteiger partial charge in [0, 0.05) is 37.1 Å². The van der Waals surface area contributed by atoms with Crippen molar-refractivity contribution in [1.82, 2.24) is 19.8 Å². The third-order valence-electron chi connectivity index (χ3n) is 7.63. The van der Waals surface area contributed by atoms with Gasteiger partial charge in [-0.3, -0.25) is 19.7 Å². The minimum absolute atomic E-state index is 0.160. The number of hydrogen-bond donors (Lipinski definition) is 0. The molecule has 4 atom stereocenters. The largest absolute Gasteiger partial charge is 0.332 e. The normalized spacial score (nSPS) is 31.7. The third-order valence-corrected chi connectivity index (χ3v) is 7.63. The van der Waals surface area contributed by atoms with Gasteiger partial charge in [0.2, 0.25) is 0 Å². The maximum Gasteiger partial charge on any atom is 0.254 e. The fourth-order valence-corrected chi connectivity index (χ4v) is 6.46. The van der Waals surface area contributed by atoms with Crippen LogP contribution in [-0.4, -0.2) is 57.4 Å². The van der Waals surface area contributed by atoms with Crippen molar-refractivity contribution in [3.8, 4) is 0 Å². The van der Waals surface area contributed by atoms with Gasteiger partial charge in [-0.05, 0) is 68.7 Å². The molecule has 1 aromatic carbocycles. The van der Waals surface area contributed by atoms with Crippen LogP contribution in [0.25, 0.3) is 11.0 Å². The van der Waals surface area contributed by atoms with E-state index >= 15 is 0 Å². The summed E-state index contributed by atoms with van der Waals surface area (Å²) in [6, 6.07) is 6.79. The molecule has 4 aliphatic rings. The lowest BCUT2D eigenvalue weighted by Gasteiger charge is -2.54. The summed E-state index contributed by atoms with van der Waals surface area (Å²) in [5.41, 5.74) is 3.92. The number of hydrogen-bond acceptors (Lipinski definition) is 4. The lowest BCUT2D eigenvalue weighted by atomic mass is 9.68. The Morgan fingerprint density at radius 1 is 1.03 bits per heavy atom. The van der Waals surface area contributed by atoms with Crippen LogP contribution in [0.1, 0.15) is 48.9 Å². The number of benzene rings is 1. The Bertz CT molecular complexity index is 986. The van der Waals surface area contributed by atoms with E-state index < -0.39 is 0 Å². The van der Waals surface area contributed by atoms with E-state index in [0.29, 0.717) is 11.8 Å². The molecule has 0 N–H and O–H groups in total. The van der Waals surface area contributed by atoms with Crippen molar-refractivity contribution < 1.29 is 4.79 Å². The average Bonchev–Trinajstić information content (AvgIpc) is 2.78. The highest BCUT2D eigenvalue weighted by Crippen LogP contribution is 2.45. The van der Waals surface area contributed by atoms with Crippen molar-refractivity contribution in [3.63, 3.8) is 0 Å². The number of carbonyl (C=O) groups is 1. The van der Waals surface area contributed by atoms with Crippen molar-refractivity contribution >= 4 is 16.9 Å². The molecule has 1 aromatic heterocycles. The maximum atomic E-state index is 13.6. The molecule has 1 aliphatic carbocycles. The standard InChI is InChI=1S/C24H28N4O/c29-24(17-6-7-20-21(14-17)26-9-8-25-20)28-11-3-4-16-12-18-13-19(23(16)28)15-27-10-2-1-5-22(18)27/h6-9,12,14,18-19,22-23H,1-5,10-11,13,15H2/t18-,19+,22+,23+/m0/s1. The number of amides is 1. The Morgan fingerprint density at radius 3 is 2.86 bits per heavy atom. The summed E-state index contributed by atoms with van der Waals surface area (Å²) in [4.78, 5) is 27.2. The van der Waals surface area contributed by atoms with Crippen molar-refractivity contribution in [3.05, 3.63) is 47.8 Å². The summed E-state index contributed by atoms with van der Waals surface area (Å²) in [6.07, 6.45) is 13.5. The van der Waals surface area contributed by atoms with Gasteiger partial charge in [0.1, 0.15) is 0 Å². The molecule has 4 heterocycles. The topological polar surface area (TPSA) is 49.3 Å². The lowest BCUT2D eigenvalue weighted by molar-refractivity contribution is 0.00148. The van der Waals surface area contributed by atoms with E-state index in [-0.39, 0.29) is 11.9 Å². The van der Waals surface area contributed by atoms with Gasteiger partial charge in [0.25, 0.3) is 5.91 Å². The van der Waals surface area contributed by atoms with E-state index in [0.717, 1.165) is 48.6 Å². The Balaban J connectivity index is 1.33. The Kier molecular flexibility index (Phi) is 4.19. The summed E-state index contributed by atoms with van der Waals surface area (Å²) in [5.74, 6) is 1.44. The molecule has 2 bridgehead atoms. The highest BCUT2D eigenvalue weighted by Gasteiger charge is 2.46. The molecule has 150 valence electrons. The van der Waals surface area contributed by atoms with Crippen LogP contribution >= 0.6 is 0 Å². The predicted molar refractivity (Wildman–Crippen MR) is 112 cm³/mol. The maximum absolute atomic E-state index is 13.6. The summed E-state index contributed by atoms with van der Waals surface area (Å²) >= 11 is 0. The first-order valence-electron chi connectivity index (χ1n) is 11.2. The van der Waals surface area contributed by atoms with E-state index in [2.05, 4.69) is 25.8 Å². The van der Waals surface area contributed by atoms with Crippen LogP contribution in [0.4, 0.5) is 0 Å². The zero-order chi connectivity index (χ0) is 19.4. The van der Waals surface area contributed by atoms with Crippen LogP contribution in [0.15, 0.2) is 42.2 Å². The molecule has 6 rings (SSSR count). The summed E-state index contributed by atoms with van der Waals surface area (Å²) in [5, 5.41) is 0. The molecule has 3 aliphatic heterocycles. The SMILES string of the molecule is O=C(c1ccc2nccnc2c1)N1CCCC2=C[C@H]3C[C@H](CN4CCCC[C@H]34)[C@@H]21. The minimum atomic E-state index is 0.160. The van der Waals surface area contributed by atoms with Crippen molar-refractivity contribution in [2.24, 2.45) is 11.8 Å². The monoisotopic (exact) mass is 388 g/mol. The van der Waals surface area contributed by atoms with E-state index in [4.69, 9.17) is 0 Å². The molecule has 0 radical (unpaired) electrons. The van der Waals surface area contributed by atoms with E-state index in [1.54, 1.807) is 12.4 Å². The summed E-state index contributed by atoms with van der Waals surface area (Å²) < 4.78 is 0. The number of aromatic nitrogens is 2. The highest BCUT2D eigenvalue weighted by atomic mass is 16.2. The van der Waals surface area contributed by atoms with Gasteiger partial charge in [-0.1, -0.05) is 18.1 Å². The van der Waals surface area contributed by atoms with Gasteiger partial charge >= 0.3 is 0 Å². The molecule has 3 saturated heterocycles. The van der Waals surface area contributed by atoms with Gasteiger partial charge in [-0.2, -0.15) is 0 Å². The second kappa shape index (κ2) is 6.91. The van der Waals surface area contributed by atoms with Gasteiger partial charge in [0.05, 0.1) is 17.1 Å². The van der Waals surface area contributed by atoms with Crippen molar-refractivity contribution in [2.75, 3.05) is 19.6 Å². The van der Waals surface area contributed by atoms with Crippen LogP contribution in [0, 0.1) is 11.8 Å². The van der Waals surface area contributed by atoms with E-state index in [9.17, 15) is 4.79 Å². The fourth-order valence-electron chi connectivity index (χ4n) is 6.46. The smallest absolute Gasteiger partial charge is 0.254 e. The molecule has 5 heteroatoms. The van der Waals surface area contributed by atoms with E-state index in [1.165, 1.54) is 37.8 Å². The predicted octanol–water partition coefficient (Wildman–Crippen LogP) is 3.67. The van der Waals surface area contributed by atoms with Crippen LogP contribution < -0.4 is 0 Å². The highest BCUT2D eigenvalue weighted by molar-refractivity contribution is 5.97. The van der Waals surface area contributed by atoms with Crippen LogP contribution in [0.5, 0.6) is 0 Å². The van der Waals surface area contributed by atoms with Crippen LogP contribution in [-0.2, 0) is 0 Å². The number of fused-ring (bicyclic) bond motifs is 7. The molecule has 1 amide bonds. The zero-order valence-corrected chi connectivity index (χ0v) is 16.8. The number of rotatable bonds is 1. The Hall–Kier alpha value is -2.27. The van der Waals surface area contributed by atoms with Crippen LogP contribution in [0.3, 0.4) is 0 Å². The molecule has 29 heavy (non-hydrogen) atoms. The molecule has 3 fully saturated rings. The zero-order valence-electron chi connectivity index (χ0n) is 16.8. The van der Waals surface area contributed by atoms with E-state index in [1.807, 2.05) is 18.2 Å². The number of likely N-dealkylation sites (tertiary alicyclic amines) is 1. The molecule has 0 spiro atoms. The van der Waals surface area contributed by atoms with Gasteiger partial charge in [0.15, 0.2) is 0 Å². The second-order valence-corrected chi connectivity index (χ2v) is 9.27. The van der Waals surface area contributed by atoms with Crippen LogP contribution in [0.2, 0.25) is 0 Å².